The summed E-state index contributed by atoms with van der Waals surface area (Å²) in [7, 11) is 0. The van der Waals surface area contributed by atoms with Gasteiger partial charge in [0.2, 0.25) is 0 Å². The minimum atomic E-state index is -4.39. The molecule has 1 spiro atoms. The summed E-state index contributed by atoms with van der Waals surface area (Å²) in [5, 5.41) is 3.25. The number of hydrogen-bond donors (Lipinski definition) is 1. The van der Waals surface area contributed by atoms with E-state index >= 15 is 0 Å². The van der Waals surface area contributed by atoms with Crippen LogP contribution in [0.15, 0.2) is 18.2 Å². The second-order valence-electron chi connectivity index (χ2n) is 6.71. The molecular formula is C17H21ClF3N. The summed E-state index contributed by atoms with van der Waals surface area (Å²) in [6.45, 7) is 0.479. The van der Waals surface area contributed by atoms with Gasteiger partial charge in [-0.2, -0.15) is 13.2 Å². The predicted octanol–water partition coefficient (Wildman–Crippen LogP) is 5.56. The van der Waals surface area contributed by atoms with Crippen molar-refractivity contribution in [3.63, 3.8) is 0 Å². The second-order valence-corrected chi connectivity index (χ2v) is 7.11. The van der Waals surface area contributed by atoms with E-state index in [0.29, 0.717) is 23.6 Å². The fraction of sp³-hybridized carbons (Fsp3) is 0.647. The lowest BCUT2D eigenvalue weighted by Crippen LogP contribution is -2.53. The molecule has 2 aliphatic rings. The molecule has 22 heavy (non-hydrogen) atoms. The van der Waals surface area contributed by atoms with Crippen LogP contribution in [0.25, 0.3) is 0 Å². The number of rotatable bonds is 3. The topological polar surface area (TPSA) is 12.0 Å². The minimum absolute atomic E-state index is 0.233. The van der Waals surface area contributed by atoms with Gasteiger partial charge in [-0.05, 0) is 48.8 Å². The SMILES string of the molecule is FC(F)(F)c1cc(CNC2CCC23CCCCC3)ccc1Cl. The normalized spacial score (nSPS) is 24.3. The Labute approximate surface area is 134 Å². The Morgan fingerprint density at radius 1 is 1.14 bits per heavy atom. The average molecular weight is 332 g/mol. The first-order valence-corrected chi connectivity index (χ1v) is 8.38. The maximum absolute atomic E-state index is 12.9. The average Bonchev–Trinajstić information content (AvgIpc) is 2.47. The molecule has 2 aliphatic carbocycles. The maximum Gasteiger partial charge on any atom is 0.417 e. The molecule has 0 heterocycles. The molecule has 0 bridgehead atoms. The molecule has 0 radical (unpaired) electrons. The van der Waals surface area contributed by atoms with E-state index in [1.807, 2.05) is 0 Å². The van der Waals surface area contributed by atoms with Gasteiger partial charge in [-0.25, -0.2) is 0 Å². The largest absolute Gasteiger partial charge is 0.417 e. The molecule has 1 aromatic carbocycles. The summed E-state index contributed by atoms with van der Waals surface area (Å²) in [5.74, 6) is 0. The number of halogens is 4. The Morgan fingerprint density at radius 3 is 2.45 bits per heavy atom. The summed E-state index contributed by atoms with van der Waals surface area (Å²) in [5.41, 5.74) is 0.321. The molecule has 1 N–H and O–H groups in total. The highest BCUT2D eigenvalue weighted by Crippen LogP contribution is 2.51. The van der Waals surface area contributed by atoms with E-state index in [1.165, 1.54) is 50.7 Å². The molecule has 0 aliphatic heterocycles. The number of nitrogens with one attached hydrogen (secondary N) is 1. The van der Waals surface area contributed by atoms with E-state index < -0.39 is 11.7 Å². The van der Waals surface area contributed by atoms with Crippen LogP contribution in [0.2, 0.25) is 5.02 Å². The van der Waals surface area contributed by atoms with Crippen molar-refractivity contribution in [2.75, 3.05) is 0 Å². The van der Waals surface area contributed by atoms with Crippen LogP contribution in [-0.4, -0.2) is 6.04 Å². The molecule has 122 valence electrons. The third-order valence-electron chi connectivity index (χ3n) is 5.41. The highest BCUT2D eigenvalue weighted by molar-refractivity contribution is 6.31. The van der Waals surface area contributed by atoms with E-state index in [4.69, 9.17) is 11.6 Å². The van der Waals surface area contributed by atoms with Crippen LogP contribution in [-0.2, 0) is 12.7 Å². The molecule has 1 unspecified atom stereocenters. The van der Waals surface area contributed by atoms with Crippen molar-refractivity contribution in [1.82, 2.24) is 5.32 Å². The minimum Gasteiger partial charge on any atom is -0.309 e. The van der Waals surface area contributed by atoms with Crippen LogP contribution in [0, 0.1) is 5.41 Å². The zero-order valence-electron chi connectivity index (χ0n) is 12.5. The van der Waals surface area contributed by atoms with Gasteiger partial charge >= 0.3 is 6.18 Å². The Bertz CT molecular complexity index is 535. The summed E-state index contributed by atoms with van der Waals surface area (Å²) in [6.07, 6.45) is 4.43. The fourth-order valence-electron chi connectivity index (χ4n) is 4.01. The van der Waals surface area contributed by atoms with E-state index in [0.717, 1.165) is 6.42 Å². The van der Waals surface area contributed by atoms with Crippen molar-refractivity contribution in [2.45, 2.75) is 63.7 Å². The summed E-state index contributed by atoms with van der Waals surface area (Å²) in [6, 6.07) is 4.65. The molecular weight excluding hydrogens is 311 g/mol. The molecule has 3 rings (SSSR count). The van der Waals surface area contributed by atoms with Crippen molar-refractivity contribution < 1.29 is 13.2 Å². The van der Waals surface area contributed by atoms with Crippen LogP contribution in [0.1, 0.15) is 56.1 Å². The van der Waals surface area contributed by atoms with E-state index in [1.54, 1.807) is 6.07 Å². The molecule has 1 nitrogen and oxygen atoms in total. The summed E-state index contributed by atoms with van der Waals surface area (Å²) >= 11 is 5.66. The molecule has 1 aromatic rings. The third kappa shape index (κ3) is 3.13. The van der Waals surface area contributed by atoms with Crippen LogP contribution < -0.4 is 5.32 Å². The standard InChI is InChI=1S/C17H21ClF3N/c18-14-5-4-12(10-13(14)17(19,20)21)11-22-15-6-9-16(15)7-2-1-3-8-16/h4-5,10,15,22H,1-3,6-9,11H2. The molecule has 5 heteroatoms. The smallest absolute Gasteiger partial charge is 0.309 e. The Hall–Kier alpha value is -0.740. The van der Waals surface area contributed by atoms with Crippen molar-refractivity contribution in [1.29, 1.82) is 0 Å². The summed E-state index contributed by atoms with van der Waals surface area (Å²) < 4.78 is 38.7. The zero-order valence-corrected chi connectivity index (χ0v) is 13.2. The van der Waals surface area contributed by atoms with Gasteiger partial charge < -0.3 is 5.32 Å². The van der Waals surface area contributed by atoms with Gasteiger partial charge in [0.15, 0.2) is 0 Å². The molecule has 0 amide bonds. The van der Waals surface area contributed by atoms with Gasteiger partial charge in [-0.15, -0.1) is 0 Å². The van der Waals surface area contributed by atoms with Crippen molar-refractivity contribution >= 4 is 11.6 Å². The lowest BCUT2D eigenvalue weighted by Gasteiger charge is -2.52. The highest BCUT2D eigenvalue weighted by atomic mass is 35.5. The molecule has 0 aromatic heterocycles. The van der Waals surface area contributed by atoms with Gasteiger partial charge in [0.1, 0.15) is 0 Å². The van der Waals surface area contributed by atoms with Crippen LogP contribution in [0.5, 0.6) is 0 Å². The lowest BCUT2D eigenvalue weighted by atomic mass is 9.57. The first-order valence-electron chi connectivity index (χ1n) is 8.00. The van der Waals surface area contributed by atoms with Crippen molar-refractivity contribution in [3.05, 3.63) is 34.3 Å². The van der Waals surface area contributed by atoms with E-state index in [-0.39, 0.29) is 5.02 Å². The van der Waals surface area contributed by atoms with Gasteiger partial charge in [0.25, 0.3) is 0 Å². The second kappa shape index (κ2) is 6.04. The number of hydrogen-bond acceptors (Lipinski definition) is 1. The maximum atomic E-state index is 12.9. The van der Waals surface area contributed by atoms with Crippen LogP contribution in [0.4, 0.5) is 13.2 Å². The van der Waals surface area contributed by atoms with Crippen molar-refractivity contribution in [3.8, 4) is 0 Å². The monoisotopic (exact) mass is 331 g/mol. The Morgan fingerprint density at radius 2 is 1.86 bits per heavy atom. The Kier molecular flexibility index (Phi) is 4.43. The van der Waals surface area contributed by atoms with Gasteiger partial charge in [-0.3, -0.25) is 0 Å². The van der Waals surface area contributed by atoms with Gasteiger partial charge in [0, 0.05) is 12.6 Å². The highest BCUT2D eigenvalue weighted by Gasteiger charge is 2.46. The number of benzene rings is 1. The first kappa shape index (κ1) is 16.1. The van der Waals surface area contributed by atoms with Crippen LogP contribution in [0.3, 0.4) is 0 Å². The molecule has 0 saturated heterocycles. The first-order chi connectivity index (χ1) is 10.4. The summed E-state index contributed by atoms with van der Waals surface area (Å²) in [4.78, 5) is 0. The lowest BCUT2D eigenvalue weighted by molar-refractivity contribution is -0.137. The third-order valence-corrected chi connectivity index (χ3v) is 5.74. The van der Waals surface area contributed by atoms with Gasteiger partial charge in [-0.1, -0.05) is 36.9 Å². The Balaban J connectivity index is 1.65. The number of alkyl halides is 3. The molecule has 2 fully saturated rings. The predicted molar refractivity (Wildman–Crippen MR) is 81.8 cm³/mol. The fourth-order valence-corrected chi connectivity index (χ4v) is 4.24. The zero-order chi connectivity index (χ0) is 15.8. The van der Waals surface area contributed by atoms with Gasteiger partial charge in [0.05, 0.1) is 10.6 Å². The van der Waals surface area contributed by atoms with Crippen molar-refractivity contribution in [2.24, 2.45) is 5.41 Å². The van der Waals surface area contributed by atoms with E-state index in [9.17, 15) is 13.2 Å². The molecule has 2 saturated carbocycles. The van der Waals surface area contributed by atoms with Crippen LogP contribution >= 0.6 is 11.6 Å². The van der Waals surface area contributed by atoms with E-state index in [2.05, 4.69) is 5.32 Å². The molecule has 1 atom stereocenters. The quantitative estimate of drug-likeness (QED) is 0.764.